The van der Waals surface area contributed by atoms with Crippen molar-refractivity contribution in [1.82, 2.24) is 25.5 Å². The summed E-state index contributed by atoms with van der Waals surface area (Å²) in [5.41, 5.74) is 1.98. The quantitative estimate of drug-likeness (QED) is 0.592. The fourth-order valence-corrected chi connectivity index (χ4v) is 2.56. The van der Waals surface area contributed by atoms with E-state index in [4.69, 9.17) is 0 Å². The number of hydrogen-bond donors (Lipinski definition) is 3. The summed E-state index contributed by atoms with van der Waals surface area (Å²) >= 11 is 0. The van der Waals surface area contributed by atoms with Crippen LogP contribution in [0.1, 0.15) is 17.8 Å². The van der Waals surface area contributed by atoms with E-state index in [9.17, 15) is 9.59 Å². The molecule has 1 aromatic rings. The van der Waals surface area contributed by atoms with E-state index < -0.39 is 0 Å². The molecule has 0 radical (unpaired) electrons. The largest absolute Gasteiger partial charge is 0.354 e. The van der Waals surface area contributed by atoms with Crippen LogP contribution in [-0.4, -0.2) is 52.4 Å². The predicted octanol–water partition coefficient (Wildman–Crippen LogP) is -1.23. The number of nitrogens with zero attached hydrogens (tertiary/aromatic N) is 2. The van der Waals surface area contributed by atoms with E-state index in [1.165, 1.54) is 0 Å². The minimum Gasteiger partial charge on any atom is -0.354 e. The van der Waals surface area contributed by atoms with Crippen LogP contribution in [0, 0.1) is 0 Å². The fourth-order valence-electron chi connectivity index (χ4n) is 2.56. The highest BCUT2D eigenvalue weighted by molar-refractivity contribution is 5.88. The number of aromatic amines is 1. The number of carbonyl (C=O) groups is 2. The zero-order valence-corrected chi connectivity index (χ0v) is 10.6. The lowest BCUT2D eigenvalue weighted by molar-refractivity contribution is -0.137. The van der Waals surface area contributed by atoms with E-state index in [1.807, 2.05) is 0 Å². The molecule has 2 amide bonds. The zero-order chi connectivity index (χ0) is 13.2. The van der Waals surface area contributed by atoms with Crippen molar-refractivity contribution in [3.8, 4) is 0 Å². The van der Waals surface area contributed by atoms with Crippen molar-refractivity contribution in [2.75, 3.05) is 19.6 Å². The van der Waals surface area contributed by atoms with Crippen LogP contribution in [-0.2, 0) is 22.6 Å². The van der Waals surface area contributed by atoms with Gasteiger partial charge >= 0.3 is 0 Å². The van der Waals surface area contributed by atoms with Gasteiger partial charge in [0.15, 0.2) is 0 Å². The summed E-state index contributed by atoms with van der Waals surface area (Å²) in [7, 11) is 0. The molecule has 19 heavy (non-hydrogen) atoms. The fraction of sp³-hybridized carbons (Fsp3) is 0.583. The Morgan fingerprint density at radius 2 is 2.37 bits per heavy atom. The third-order valence-corrected chi connectivity index (χ3v) is 3.60. The molecule has 1 atom stereocenters. The first kappa shape index (κ1) is 12.2. The molecule has 1 aromatic heterocycles. The van der Waals surface area contributed by atoms with Gasteiger partial charge in [-0.1, -0.05) is 0 Å². The molecule has 0 saturated carbocycles. The Bertz CT molecular complexity index is 498. The van der Waals surface area contributed by atoms with Crippen molar-refractivity contribution in [3.63, 3.8) is 0 Å². The van der Waals surface area contributed by atoms with Gasteiger partial charge in [-0.3, -0.25) is 14.9 Å². The molecule has 0 aliphatic carbocycles. The van der Waals surface area contributed by atoms with Gasteiger partial charge in [-0.2, -0.15) is 0 Å². The maximum atomic E-state index is 12.4. The Morgan fingerprint density at radius 1 is 1.47 bits per heavy atom. The lowest BCUT2D eigenvalue weighted by atomic mass is 10.0. The molecule has 1 saturated heterocycles. The van der Waals surface area contributed by atoms with Gasteiger partial charge in [-0.25, -0.2) is 4.98 Å². The van der Waals surface area contributed by atoms with Crippen LogP contribution < -0.4 is 10.6 Å². The SMILES string of the molecule is O=C1CN(C(=O)C2Cc3nc[nH]c3CN2)CCCN1. The van der Waals surface area contributed by atoms with Gasteiger partial charge in [0.1, 0.15) is 0 Å². The van der Waals surface area contributed by atoms with Crippen molar-refractivity contribution in [1.29, 1.82) is 0 Å². The number of amides is 2. The molecule has 2 aliphatic heterocycles. The summed E-state index contributed by atoms with van der Waals surface area (Å²) in [4.78, 5) is 32.8. The lowest BCUT2D eigenvalue weighted by Crippen LogP contribution is -2.51. The minimum absolute atomic E-state index is 0.00861. The average molecular weight is 263 g/mol. The lowest BCUT2D eigenvalue weighted by Gasteiger charge is -2.28. The first-order valence-electron chi connectivity index (χ1n) is 6.54. The van der Waals surface area contributed by atoms with Gasteiger partial charge in [0.2, 0.25) is 11.8 Å². The summed E-state index contributed by atoms with van der Waals surface area (Å²) in [6, 6.07) is -0.276. The van der Waals surface area contributed by atoms with Crippen molar-refractivity contribution in [3.05, 3.63) is 17.7 Å². The number of hydrogen-bond acceptors (Lipinski definition) is 4. The molecule has 7 nitrogen and oxygen atoms in total. The van der Waals surface area contributed by atoms with Crippen LogP contribution in [0.25, 0.3) is 0 Å². The number of nitrogens with one attached hydrogen (secondary N) is 3. The number of aromatic nitrogens is 2. The monoisotopic (exact) mass is 263 g/mol. The summed E-state index contributed by atoms with van der Waals surface area (Å²) in [5.74, 6) is -0.0900. The van der Waals surface area contributed by atoms with E-state index in [0.717, 1.165) is 17.8 Å². The molecule has 3 heterocycles. The molecule has 0 aromatic carbocycles. The Balaban J connectivity index is 1.69. The Labute approximate surface area is 110 Å². The molecule has 1 fully saturated rings. The Kier molecular flexibility index (Phi) is 3.20. The van der Waals surface area contributed by atoms with E-state index in [2.05, 4.69) is 20.6 Å². The van der Waals surface area contributed by atoms with Crippen molar-refractivity contribution in [2.45, 2.75) is 25.4 Å². The van der Waals surface area contributed by atoms with Crippen LogP contribution >= 0.6 is 0 Å². The van der Waals surface area contributed by atoms with Gasteiger partial charge in [0.05, 0.1) is 30.3 Å². The second-order valence-corrected chi connectivity index (χ2v) is 4.93. The number of carbonyl (C=O) groups excluding carboxylic acids is 2. The highest BCUT2D eigenvalue weighted by Gasteiger charge is 2.30. The predicted molar refractivity (Wildman–Crippen MR) is 67.1 cm³/mol. The van der Waals surface area contributed by atoms with Gasteiger partial charge in [-0.05, 0) is 6.42 Å². The van der Waals surface area contributed by atoms with Crippen molar-refractivity contribution in [2.24, 2.45) is 0 Å². The van der Waals surface area contributed by atoms with Gasteiger partial charge in [-0.15, -0.1) is 0 Å². The highest BCUT2D eigenvalue weighted by atomic mass is 16.2. The first-order chi connectivity index (χ1) is 9.24. The zero-order valence-electron chi connectivity index (χ0n) is 10.6. The number of rotatable bonds is 1. The maximum Gasteiger partial charge on any atom is 0.240 e. The van der Waals surface area contributed by atoms with E-state index in [0.29, 0.717) is 26.1 Å². The molecule has 3 N–H and O–H groups in total. The van der Waals surface area contributed by atoms with Gasteiger partial charge in [0.25, 0.3) is 0 Å². The van der Waals surface area contributed by atoms with Crippen LogP contribution in [0.4, 0.5) is 0 Å². The Hall–Kier alpha value is -1.89. The van der Waals surface area contributed by atoms with E-state index in [1.54, 1.807) is 11.2 Å². The molecule has 1 unspecified atom stereocenters. The molecule has 7 heteroatoms. The number of imidazole rings is 1. The van der Waals surface area contributed by atoms with Crippen molar-refractivity contribution >= 4 is 11.8 Å². The second-order valence-electron chi connectivity index (χ2n) is 4.93. The van der Waals surface area contributed by atoms with Gasteiger partial charge in [0, 0.05) is 26.1 Å². The standard InChI is InChI=1S/C12H17N5O2/c18-11-6-17(3-1-2-13-11)12(19)9-4-8-10(5-14-9)16-7-15-8/h7,9,14H,1-6H2,(H,13,18)(H,15,16). The molecular weight excluding hydrogens is 246 g/mol. The van der Waals surface area contributed by atoms with Crippen LogP contribution in [0.5, 0.6) is 0 Å². The summed E-state index contributed by atoms with van der Waals surface area (Å²) in [6.07, 6.45) is 3.03. The molecule has 0 spiro atoms. The van der Waals surface area contributed by atoms with Crippen LogP contribution in [0.15, 0.2) is 6.33 Å². The molecule has 2 aliphatic rings. The summed E-state index contributed by atoms with van der Waals surface area (Å²) < 4.78 is 0. The molecular formula is C12H17N5O2. The van der Waals surface area contributed by atoms with E-state index in [-0.39, 0.29) is 24.4 Å². The normalized spacial score (nSPS) is 23.5. The van der Waals surface area contributed by atoms with E-state index >= 15 is 0 Å². The van der Waals surface area contributed by atoms with Crippen LogP contribution in [0.3, 0.4) is 0 Å². The second kappa shape index (κ2) is 5.00. The molecule has 0 bridgehead atoms. The van der Waals surface area contributed by atoms with Crippen LogP contribution in [0.2, 0.25) is 0 Å². The third kappa shape index (κ3) is 2.46. The average Bonchev–Trinajstić information content (AvgIpc) is 2.78. The summed E-state index contributed by atoms with van der Waals surface area (Å²) in [6.45, 7) is 2.05. The highest BCUT2D eigenvalue weighted by Crippen LogP contribution is 2.14. The molecule has 102 valence electrons. The number of H-pyrrole nitrogens is 1. The first-order valence-corrected chi connectivity index (χ1v) is 6.54. The molecule has 3 rings (SSSR count). The topological polar surface area (TPSA) is 90.1 Å². The number of fused-ring (bicyclic) bond motifs is 1. The maximum absolute atomic E-state index is 12.4. The Morgan fingerprint density at radius 3 is 3.26 bits per heavy atom. The third-order valence-electron chi connectivity index (χ3n) is 3.60. The minimum atomic E-state index is -0.276. The van der Waals surface area contributed by atoms with Gasteiger partial charge < -0.3 is 15.2 Å². The van der Waals surface area contributed by atoms with Crippen molar-refractivity contribution < 1.29 is 9.59 Å². The summed E-state index contributed by atoms with van der Waals surface area (Å²) in [5, 5.41) is 5.97. The smallest absolute Gasteiger partial charge is 0.240 e.